The summed E-state index contributed by atoms with van der Waals surface area (Å²) in [6, 6.07) is 3.76. The molecule has 0 bridgehead atoms. The van der Waals surface area contributed by atoms with E-state index in [0.29, 0.717) is 17.3 Å². The van der Waals surface area contributed by atoms with Crippen LogP contribution >= 0.6 is 15.9 Å². The normalized spacial score (nSPS) is 14.9. The molecular weight excluding hydrogens is 371 g/mol. The number of aliphatic carboxylic acids is 1. The van der Waals surface area contributed by atoms with Gasteiger partial charge in [0.15, 0.2) is 0 Å². The SMILES string of the molecule is O=C(CCNC(=O)c1cc(F)ccc1Br)NCC1(C(=O)O)CC1. The van der Waals surface area contributed by atoms with Gasteiger partial charge in [0, 0.05) is 24.0 Å². The zero-order valence-corrected chi connectivity index (χ0v) is 13.8. The van der Waals surface area contributed by atoms with Crippen LogP contribution in [0.2, 0.25) is 0 Å². The minimum atomic E-state index is -0.901. The van der Waals surface area contributed by atoms with E-state index in [4.69, 9.17) is 5.11 Å². The van der Waals surface area contributed by atoms with Crippen molar-refractivity contribution in [1.29, 1.82) is 0 Å². The van der Waals surface area contributed by atoms with E-state index in [-0.39, 0.29) is 31.0 Å². The molecule has 1 fully saturated rings. The predicted molar refractivity (Wildman–Crippen MR) is 83.4 cm³/mol. The highest BCUT2D eigenvalue weighted by Gasteiger charge is 2.50. The van der Waals surface area contributed by atoms with Crippen molar-refractivity contribution in [3.8, 4) is 0 Å². The number of carboxylic acid groups (broad SMARTS) is 1. The van der Waals surface area contributed by atoms with Crippen molar-refractivity contribution in [1.82, 2.24) is 10.6 Å². The molecule has 0 spiro atoms. The highest BCUT2D eigenvalue weighted by atomic mass is 79.9. The van der Waals surface area contributed by atoms with Gasteiger partial charge in [-0.25, -0.2) is 4.39 Å². The Balaban J connectivity index is 1.74. The second kappa shape index (κ2) is 7.08. The zero-order chi connectivity index (χ0) is 17.0. The second-order valence-electron chi connectivity index (χ2n) is 5.49. The quantitative estimate of drug-likeness (QED) is 0.664. The van der Waals surface area contributed by atoms with Crippen LogP contribution < -0.4 is 10.6 Å². The molecule has 3 N–H and O–H groups in total. The molecule has 8 heteroatoms. The third-order valence-electron chi connectivity index (χ3n) is 3.74. The molecule has 0 saturated heterocycles. The lowest BCUT2D eigenvalue weighted by Gasteiger charge is -2.11. The molecule has 0 aromatic heterocycles. The van der Waals surface area contributed by atoms with Gasteiger partial charge in [-0.3, -0.25) is 14.4 Å². The lowest BCUT2D eigenvalue weighted by Crippen LogP contribution is -2.36. The van der Waals surface area contributed by atoms with Gasteiger partial charge < -0.3 is 15.7 Å². The molecule has 1 saturated carbocycles. The van der Waals surface area contributed by atoms with E-state index in [1.165, 1.54) is 12.1 Å². The molecular formula is C15H16BrFN2O4. The van der Waals surface area contributed by atoms with Crippen molar-refractivity contribution in [3.63, 3.8) is 0 Å². The van der Waals surface area contributed by atoms with E-state index in [1.54, 1.807) is 0 Å². The Hall–Kier alpha value is -1.96. The van der Waals surface area contributed by atoms with Gasteiger partial charge in [-0.05, 0) is 47.0 Å². The molecule has 0 unspecified atom stereocenters. The number of nitrogens with one attached hydrogen (secondary N) is 2. The maximum atomic E-state index is 13.1. The van der Waals surface area contributed by atoms with Gasteiger partial charge in [-0.2, -0.15) is 0 Å². The smallest absolute Gasteiger partial charge is 0.311 e. The maximum Gasteiger partial charge on any atom is 0.311 e. The van der Waals surface area contributed by atoms with Crippen molar-refractivity contribution >= 4 is 33.7 Å². The summed E-state index contributed by atoms with van der Waals surface area (Å²) in [7, 11) is 0. The van der Waals surface area contributed by atoms with Crippen molar-refractivity contribution in [3.05, 3.63) is 34.1 Å². The van der Waals surface area contributed by atoms with Gasteiger partial charge in [0.2, 0.25) is 5.91 Å². The van der Waals surface area contributed by atoms with Crippen LogP contribution in [0.4, 0.5) is 4.39 Å². The summed E-state index contributed by atoms with van der Waals surface area (Å²) in [4.78, 5) is 34.5. The predicted octanol–water partition coefficient (Wildman–Crippen LogP) is 1.69. The minimum absolute atomic E-state index is 0.0222. The molecule has 0 heterocycles. The lowest BCUT2D eigenvalue weighted by atomic mass is 10.1. The number of amides is 2. The summed E-state index contributed by atoms with van der Waals surface area (Å²) >= 11 is 3.16. The van der Waals surface area contributed by atoms with Crippen LogP contribution in [0.3, 0.4) is 0 Å². The summed E-state index contributed by atoms with van der Waals surface area (Å²) in [5, 5.41) is 14.1. The minimum Gasteiger partial charge on any atom is -0.481 e. The van der Waals surface area contributed by atoms with E-state index in [9.17, 15) is 18.8 Å². The molecule has 124 valence electrons. The van der Waals surface area contributed by atoms with Gasteiger partial charge in [-0.15, -0.1) is 0 Å². The van der Waals surface area contributed by atoms with Crippen LogP contribution in [0.5, 0.6) is 0 Å². The molecule has 1 aliphatic carbocycles. The molecule has 23 heavy (non-hydrogen) atoms. The fraction of sp³-hybridized carbons (Fsp3) is 0.400. The molecule has 2 rings (SSSR count). The van der Waals surface area contributed by atoms with E-state index in [2.05, 4.69) is 26.6 Å². The van der Waals surface area contributed by atoms with E-state index < -0.39 is 23.1 Å². The van der Waals surface area contributed by atoms with E-state index in [0.717, 1.165) is 6.07 Å². The first-order valence-electron chi connectivity index (χ1n) is 7.07. The Kier molecular flexibility index (Phi) is 5.35. The van der Waals surface area contributed by atoms with E-state index in [1.807, 2.05) is 0 Å². The molecule has 1 aromatic carbocycles. The zero-order valence-electron chi connectivity index (χ0n) is 12.2. The van der Waals surface area contributed by atoms with Crippen LogP contribution in [-0.2, 0) is 9.59 Å². The number of carbonyl (C=O) groups excluding carboxylic acids is 2. The molecule has 1 aromatic rings. The summed E-state index contributed by atoms with van der Waals surface area (Å²) in [6.07, 6.45) is 1.15. The Morgan fingerprint density at radius 2 is 1.96 bits per heavy atom. The fourth-order valence-corrected chi connectivity index (χ4v) is 2.46. The first kappa shape index (κ1) is 17.4. The van der Waals surface area contributed by atoms with Crippen molar-refractivity contribution in [2.75, 3.05) is 13.1 Å². The van der Waals surface area contributed by atoms with Gasteiger partial charge in [0.25, 0.3) is 5.91 Å². The summed E-state index contributed by atoms with van der Waals surface area (Å²) < 4.78 is 13.6. The van der Waals surface area contributed by atoms with Gasteiger partial charge in [0.1, 0.15) is 5.82 Å². The average molecular weight is 387 g/mol. The second-order valence-corrected chi connectivity index (χ2v) is 6.35. The van der Waals surface area contributed by atoms with Gasteiger partial charge in [-0.1, -0.05) is 0 Å². The molecule has 0 radical (unpaired) electrons. The lowest BCUT2D eigenvalue weighted by molar-refractivity contribution is -0.143. The van der Waals surface area contributed by atoms with Gasteiger partial charge in [0.05, 0.1) is 11.0 Å². The first-order valence-corrected chi connectivity index (χ1v) is 7.87. The molecule has 1 aliphatic rings. The highest BCUT2D eigenvalue weighted by Crippen LogP contribution is 2.45. The number of hydrogen-bond donors (Lipinski definition) is 3. The fourth-order valence-electron chi connectivity index (χ4n) is 2.03. The van der Waals surface area contributed by atoms with Crippen molar-refractivity contribution in [2.24, 2.45) is 5.41 Å². The number of carbonyl (C=O) groups is 3. The van der Waals surface area contributed by atoms with Crippen LogP contribution in [0.1, 0.15) is 29.6 Å². The number of rotatable bonds is 7. The largest absolute Gasteiger partial charge is 0.481 e. The third kappa shape index (κ3) is 4.51. The first-order chi connectivity index (χ1) is 10.8. The molecule has 2 amide bonds. The number of benzene rings is 1. The number of halogens is 2. The highest BCUT2D eigenvalue weighted by molar-refractivity contribution is 9.10. The van der Waals surface area contributed by atoms with E-state index >= 15 is 0 Å². The Morgan fingerprint density at radius 3 is 2.57 bits per heavy atom. The standard InChI is InChI=1S/C15H16BrFN2O4/c16-11-2-1-9(17)7-10(11)13(21)18-6-3-12(20)19-8-15(4-5-15)14(22)23/h1-2,7H,3-6,8H2,(H,18,21)(H,19,20)(H,22,23). The molecule has 0 aliphatic heterocycles. The van der Waals surface area contributed by atoms with Crippen LogP contribution in [0.25, 0.3) is 0 Å². The summed E-state index contributed by atoms with van der Waals surface area (Å²) in [6.45, 7) is 0.179. The number of carboxylic acids is 1. The van der Waals surface area contributed by atoms with Crippen molar-refractivity contribution in [2.45, 2.75) is 19.3 Å². The molecule has 0 atom stereocenters. The number of hydrogen-bond acceptors (Lipinski definition) is 3. The topological polar surface area (TPSA) is 95.5 Å². The maximum absolute atomic E-state index is 13.1. The Bertz CT molecular complexity index is 646. The summed E-state index contributed by atoms with van der Waals surface area (Å²) in [5.74, 6) is -2.26. The third-order valence-corrected chi connectivity index (χ3v) is 4.43. The summed E-state index contributed by atoms with van der Waals surface area (Å²) in [5.41, 5.74) is -0.668. The molecule has 6 nitrogen and oxygen atoms in total. The van der Waals surface area contributed by atoms with Crippen LogP contribution in [0, 0.1) is 11.2 Å². The van der Waals surface area contributed by atoms with Gasteiger partial charge >= 0.3 is 5.97 Å². The van der Waals surface area contributed by atoms with Crippen molar-refractivity contribution < 1.29 is 23.9 Å². The Morgan fingerprint density at radius 1 is 1.26 bits per heavy atom. The average Bonchev–Trinajstić information content (AvgIpc) is 3.29. The monoisotopic (exact) mass is 386 g/mol. The van der Waals surface area contributed by atoms with Crippen LogP contribution in [0.15, 0.2) is 22.7 Å². The van der Waals surface area contributed by atoms with Crippen LogP contribution in [-0.4, -0.2) is 36.0 Å². The Labute approximate surface area is 140 Å².